The molecular formula is C17H25N3O. The molecule has 4 heteroatoms. The largest absolute Gasteiger partial charge is 0.339 e. The second kappa shape index (κ2) is 7.96. The van der Waals surface area contributed by atoms with Crippen molar-refractivity contribution in [1.29, 1.82) is 0 Å². The molecule has 1 aliphatic heterocycles. The van der Waals surface area contributed by atoms with Gasteiger partial charge in [-0.3, -0.25) is 9.69 Å². The summed E-state index contributed by atoms with van der Waals surface area (Å²) in [4.78, 5) is 16.5. The maximum atomic E-state index is 12.3. The minimum absolute atomic E-state index is 0.0872. The molecule has 2 rings (SSSR count). The van der Waals surface area contributed by atoms with Crippen LogP contribution >= 0.6 is 0 Å². The maximum absolute atomic E-state index is 12.3. The lowest BCUT2D eigenvalue weighted by molar-refractivity contribution is -0.134. The van der Waals surface area contributed by atoms with Crippen molar-refractivity contribution >= 4 is 5.91 Å². The molecule has 4 nitrogen and oxygen atoms in total. The molecule has 0 spiro atoms. The summed E-state index contributed by atoms with van der Waals surface area (Å²) in [5.41, 5.74) is 7.30. The highest BCUT2D eigenvalue weighted by atomic mass is 16.2. The molecule has 1 amide bonds. The molecule has 0 bridgehead atoms. The minimum Gasteiger partial charge on any atom is -0.339 e. The summed E-state index contributed by atoms with van der Waals surface area (Å²) < 4.78 is 0. The molecule has 1 aromatic rings. The lowest BCUT2D eigenvalue weighted by Gasteiger charge is -2.35. The molecule has 0 aromatic heterocycles. The van der Waals surface area contributed by atoms with Gasteiger partial charge < -0.3 is 10.6 Å². The summed E-state index contributed by atoms with van der Waals surface area (Å²) in [6.07, 6.45) is 3.46. The summed E-state index contributed by atoms with van der Waals surface area (Å²) in [5, 5.41) is 0. The third-order valence-corrected chi connectivity index (χ3v) is 3.98. The van der Waals surface area contributed by atoms with E-state index < -0.39 is 6.04 Å². The summed E-state index contributed by atoms with van der Waals surface area (Å²) in [6, 6.07) is 9.78. The number of nitrogens with two attached hydrogens (primary N) is 1. The fraction of sp³-hybridized carbons (Fsp3) is 0.471. The molecular weight excluding hydrogens is 262 g/mol. The van der Waals surface area contributed by atoms with Gasteiger partial charge in [0.15, 0.2) is 0 Å². The zero-order valence-electron chi connectivity index (χ0n) is 12.6. The normalized spacial score (nSPS) is 17.5. The van der Waals surface area contributed by atoms with E-state index in [1.807, 2.05) is 29.2 Å². The van der Waals surface area contributed by atoms with Gasteiger partial charge in [-0.15, -0.1) is 6.58 Å². The Bertz CT molecular complexity index is 452. The van der Waals surface area contributed by atoms with Gasteiger partial charge in [0.1, 0.15) is 0 Å². The summed E-state index contributed by atoms with van der Waals surface area (Å²) in [7, 11) is 0. The number of hydrogen-bond donors (Lipinski definition) is 1. The Morgan fingerprint density at radius 1 is 1.24 bits per heavy atom. The van der Waals surface area contributed by atoms with Crippen molar-refractivity contribution in [1.82, 2.24) is 9.80 Å². The number of carbonyl (C=O) groups excluding carboxylic acids is 1. The zero-order valence-corrected chi connectivity index (χ0v) is 12.6. The molecule has 0 aliphatic carbocycles. The first kappa shape index (κ1) is 15.7. The smallest absolute Gasteiger partial charge is 0.239 e. The number of piperazine rings is 1. The SMILES string of the molecule is C=CCN1CCN(C(=O)C(N)CCc2ccccc2)CC1. The van der Waals surface area contributed by atoms with Crippen molar-refractivity contribution in [3.05, 3.63) is 48.6 Å². The van der Waals surface area contributed by atoms with Crippen LogP contribution in [0.2, 0.25) is 0 Å². The molecule has 0 radical (unpaired) electrons. The molecule has 1 fully saturated rings. The number of aryl methyl sites for hydroxylation is 1. The maximum Gasteiger partial charge on any atom is 0.239 e. The van der Waals surface area contributed by atoms with Gasteiger partial charge in [-0.05, 0) is 18.4 Å². The van der Waals surface area contributed by atoms with Gasteiger partial charge in [-0.2, -0.15) is 0 Å². The highest BCUT2D eigenvalue weighted by molar-refractivity contribution is 5.81. The molecule has 0 saturated carbocycles. The zero-order chi connectivity index (χ0) is 15.1. The van der Waals surface area contributed by atoms with Crippen molar-refractivity contribution in [2.45, 2.75) is 18.9 Å². The average Bonchev–Trinajstić information content (AvgIpc) is 2.54. The molecule has 1 saturated heterocycles. The van der Waals surface area contributed by atoms with Crippen LogP contribution in [0, 0.1) is 0 Å². The first-order valence-electron chi connectivity index (χ1n) is 7.62. The second-order valence-electron chi connectivity index (χ2n) is 5.55. The standard InChI is InChI=1S/C17H25N3O/c1-2-10-19-11-13-20(14-12-19)17(21)16(18)9-8-15-6-4-3-5-7-15/h2-7,16H,1,8-14,18H2. The predicted octanol–water partition coefficient (Wildman–Crippen LogP) is 1.28. The van der Waals surface area contributed by atoms with E-state index >= 15 is 0 Å². The molecule has 2 N–H and O–H groups in total. The quantitative estimate of drug-likeness (QED) is 0.802. The molecule has 1 aromatic carbocycles. The Balaban J connectivity index is 1.76. The Labute approximate surface area is 127 Å². The first-order valence-corrected chi connectivity index (χ1v) is 7.62. The lowest BCUT2D eigenvalue weighted by atomic mass is 10.0. The van der Waals surface area contributed by atoms with E-state index in [1.165, 1.54) is 5.56 Å². The number of carbonyl (C=O) groups is 1. The summed E-state index contributed by atoms with van der Waals surface area (Å²) in [6.45, 7) is 7.99. The highest BCUT2D eigenvalue weighted by Gasteiger charge is 2.24. The van der Waals surface area contributed by atoms with Gasteiger partial charge in [-0.25, -0.2) is 0 Å². The monoisotopic (exact) mass is 287 g/mol. The third kappa shape index (κ3) is 4.69. The lowest BCUT2D eigenvalue weighted by Crippen LogP contribution is -2.53. The van der Waals surface area contributed by atoms with E-state index in [0.717, 1.165) is 39.1 Å². The van der Waals surface area contributed by atoms with Crippen LogP contribution in [0.5, 0.6) is 0 Å². The predicted molar refractivity (Wildman–Crippen MR) is 86.0 cm³/mol. The number of rotatable bonds is 6. The molecule has 1 unspecified atom stereocenters. The first-order chi connectivity index (χ1) is 10.2. The van der Waals surface area contributed by atoms with Gasteiger partial charge in [0, 0.05) is 32.7 Å². The van der Waals surface area contributed by atoms with E-state index in [4.69, 9.17) is 5.73 Å². The molecule has 1 aliphatic rings. The van der Waals surface area contributed by atoms with Crippen molar-refractivity contribution in [3.63, 3.8) is 0 Å². The van der Waals surface area contributed by atoms with Crippen LogP contribution in [-0.2, 0) is 11.2 Å². The average molecular weight is 287 g/mol. The molecule has 21 heavy (non-hydrogen) atoms. The Morgan fingerprint density at radius 2 is 1.90 bits per heavy atom. The fourth-order valence-corrected chi connectivity index (χ4v) is 2.66. The van der Waals surface area contributed by atoms with Gasteiger partial charge in [0.05, 0.1) is 6.04 Å². The number of benzene rings is 1. The minimum atomic E-state index is -0.392. The third-order valence-electron chi connectivity index (χ3n) is 3.98. The van der Waals surface area contributed by atoms with E-state index in [-0.39, 0.29) is 5.91 Å². The van der Waals surface area contributed by atoms with Crippen molar-refractivity contribution in [2.24, 2.45) is 5.73 Å². The summed E-state index contributed by atoms with van der Waals surface area (Å²) in [5.74, 6) is 0.0872. The number of nitrogens with zero attached hydrogens (tertiary/aromatic N) is 2. The van der Waals surface area contributed by atoms with E-state index in [1.54, 1.807) is 0 Å². The Kier molecular flexibility index (Phi) is 5.96. The van der Waals surface area contributed by atoms with E-state index in [0.29, 0.717) is 6.42 Å². The summed E-state index contributed by atoms with van der Waals surface area (Å²) >= 11 is 0. The fourth-order valence-electron chi connectivity index (χ4n) is 2.66. The van der Waals surface area contributed by atoms with Gasteiger partial charge in [-0.1, -0.05) is 36.4 Å². The van der Waals surface area contributed by atoms with Crippen LogP contribution in [0.1, 0.15) is 12.0 Å². The van der Waals surface area contributed by atoms with Gasteiger partial charge in [0.2, 0.25) is 5.91 Å². The van der Waals surface area contributed by atoms with Crippen LogP contribution in [0.4, 0.5) is 0 Å². The van der Waals surface area contributed by atoms with Crippen LogP contribution in [-0.4, -0.2) is 54.5 Å². The molecule has 1 atom stereocenters. The molecule has 114 valence electrons. The topological polar surface area (TPSA) is 49.6 Å². The Hall–Kier alpha value is -1.65. The van der Waals surface area contributed by atoms with Crippen molar-refractivity contribution in [3.8, 4) is 0 Å². The van der Waals surface area contributed by atoms with Crippen LogP contribution in [0.25, 0.3) is 0 Å². The van der Waals surface area contributed by atoms with Crippen molar-refractivity contribution < 1.29 is 4.79 Å². The van der Waals surface area contributed by atoms with Crippen LogP contribution < -0.4 is 5.73 Å². The van der Waals surface area contributed by atoms with E-state index in [2.05, 4.69) is 23.6 Å². The number of amides is 1. The van der Waals surface area contributed by atoms with Gasteiger partial charge >= 0.3 is 0 Å². The Morgan fingerprint density at radius 3 is 2.52 bits per heavy atom. The van der Waals surface area contributed by atoms with E-state index in [9.17, 15) is 4.79 Å². The van der Waals surface area contributed by atoms with Crippen molar-refractivity contribution in [2.75, 3.05) is 32.7 Å². The van der Waals surface area contributed by atoms with Crippen LogP contribution in [0.3, 0.4) is 0 Å². The number of hydrogen-bond acceptors (Lipinski definition) is 3. The van der Waals surface area contributed by atoms with Crippen LogP contribution in [0.15, 0.2) is 43.0 Å². The highest BCUT2D eigenvalue weighted by Crippen LogP contribution is 2.08. The van der Waals surface area contributed by atoms with Gasteiger partial charge in [0.25, 0.3) is 0 Å². The molecule has 1 heterocycles. The second-order valence-corrected chi connectivity index (χ2v) is 5.55.